The van der Waals surface area contributed by atoms with Gasteiger partial charge in [-0.1, -0.05) is 13.0 Å². The summed E-state index contributed by atoms with van der Waals surface area (Å²) >= 11 is 1.78. The molecule has 28 heavy (non-hydrogen) atoms. The summed E-state index contributed by atoms with van der Waals surface area (Å²) in [7, 11) is 0. The Morgan fingerprint density at radius 1 is 1.39 bits per heavy atom. The SMILES string of the molecule is CSCCC(NC(=O)CC(C)C1CCCNC1)c1nnc2ccccn12.Cl.Cl. The number of fused-ring (bicyclic) bond motifs is 1. The van der Waals surface area contributed by atoms with Crippen LogP contribution in [0.15, 0.2) is 24.4 Å². The molecule has 0 aromatic carbocycles. The second-order valence-electron chi connectivity index (χ2n) is 7.18. The predicted octanol–water partition coefficient (Wildman–Crippen LogP) is 3.51. The molecule has 0 radical (unpaired) electrons. The highest BCUT2D eigenvalue weighted by Crippen LogP contribution is 2.24. The number of halogens is 2. The maximum atomic E-state index is 12.7. The summed E-state index contributed by atoms with van der Waals surface area (Å²) < 4.78 is 1.97. The molecule has 9 heteroatoms. The molecule has 0 aliphatic carbocycles. The van der Waals surface area contributed by atoms with Crippen molar-refractivity contribution < 1.29 is 4.79 Å². The predicted molar refractivity (Wildman–Crippen MR) is 121 cm³/mol. The number of carbonyl (C=O) groups excluding carboxylic acids is 1. The third-order valence-corrected chi connectivity index (χ3v) is 5.89. The molecule has 0 spiro atoms. The lowest BCUT2D eigenvalue weighted by Crippen LogP contribution is -2.36. The molecular weight excluding hydrogens is 417 g/mol. The van der Waals surface area contributed by atoms with Crippen LogP contribution in [-0.4, -0.2) is 45.6 Å². The van der Waals surface area contributed by atoms with Crippen LogP contribution in [0.4, 0.5) is 0 Å². The number of carbonyl (C=O) groups is 1. The highest BCUT2D eigenvalue weighted by molar-refractivity contribution is 7.98. The molecule has 1 saturated heterocycles. The molecule has 158 valence electrons. The average molecular weight is 448 g/mol. The first-order valence-electron chi connectivity index (χ1n) is 9.47. The number of hydrogen-bond donors (Lipinski definition) is 2. The fraction of sp³-hybridized carbons (Fsp3) is 0.632. The smallest absolute Gasteiger partial charge is 0.220 e. The van der Waals surface area contributed by atoms with Crippen LogP contribution in [0.5, 0.6) is 0 Å². The van der Waals surface area contributed by atoms with Crippen molar-refractivity contribution in [2.45, 2.75) is 38.6 Å². The average Bonchev–Trinajstić information content (AvgIpc) is 3.10. The van der Waals surface area contributed by atoms with Gasteiger partial charge in [0.25, 0.3) is 0 Å². The molecule has 3 unspecified atom stereocenters. The van der Waals surface area contributed by atoms with E-state index in [1.54, 1.807) is 11.8 Å². The lowest BCUT2D eigenvalue weighted by Gasteiger charge is -2.28. The Hall–Kier alpha value is -1.02. The quantitative estimate of drug-likeness (QED) is 0.647. The van der Waals surface area contributed by atoms with Crippen molar-refractivity contribution in [2.24, 2.45) is 11.8 Å². The van der Waals surface area contributed by atoms with Crippen LogP contribution in [0, 0.1) is 11.8 Å². The molecule has 2 aromatic heterocycles. The molecule has 6 nitrogen and oxygen atoms in total. The van der Waals surface area contributed by atoms with Crippen LogP contribution in [0.3, 0.4) is 0 Å². The summed E-state index contributed by atoms with van der Waals surface area (Å²) in [6, 6.07) is 5.74. The summed E-state index contributed by atoms with van der Waals surface area (Å²) in [5.41, 5.74) is 0.813. The van der Waals surface area contributed by atoms with E-state index in [0.29, 0.717) is 18.3 Å². The molecule has 1 aliphatic rings. The lowest BCUT2D eigenvalue weighted by atomic mass is 9.85. The number of pyridine rings is 1. The van der Waals surface area contributed by atoms with Crippen LogP contribution >= 0.6 is 36.6 Å². The van der Waals surface area contributed by atoms with E-state index >= 15 is 0 Å². The van der Waals surface area contributed by atoms with Crippen molar-refractivity contribution in [3.63, 3.8) is 0 Å². The van der Waals surface area contributed by atoms with Gasteiger partial charge >= 0.3 is 0 Å². The number of rotatable bonds is 8. The molecule has 1 aliphatic heterocycles. The van der Waals surface area contributed by atoms with Gasteiger partial charge in [0.05, 0.1) is 6.04 Å². The summed E-state index contributed by atoms with van der Waals surface area (Å²) in [6.45, 7) is 4.33. The van der Waals surface area contributed by atoms with Crippen molar-refractivity contribution in [3.05, 3.63) is 30.2 Å². The van der Waals surface area contributed by atoms with Crippen molar-refractivity contribution in [1.82, 2.24) is 25.2 Å². The van der Waals surface area contributed by atoms with Gasteiger partial charge in [-0.25, -0.2) is 0 Å². The molecule has 2 N–H and O–H groups in total. The van der Waals surface area contributed by atoms with E-state index in [4.69, 9.17) is 0 Å². The van der Waals surface area contributed by atoms with Gasteiger partial charge in [-0.05, 0) is 68.3 Å². The van der Waals surface area contributed by atoms with Gasteiger partial charge in [0.1, 0.15) is 0 Å². The molecule has 3 rings (SSSR count). The van der Waals surface area contributed by atoms with E-state index in [1.807, 2.05) is 28.8 Å². The Kier molecular flexibility index (Phi) is 11.2. The number of piperidine rings is 1. The van der Waals surface area contributed by atoms with E-state index in [9.17, 15) is 4.79 Å². The van der Waals surface area contributed by atoms with Crippen molar-refractivity contribution in [3.8, 4) is 0 Å². The van der Waals surface area contributed by atoms with E-state index in [2.05, 4.69) is 34.0 Å². The van der Waals surface area contributed by atoms with Crippen LogP contribution in [-0.2, 0) is 4.79 Å². The van der Waals surface area contributed by atoms with Crippen molar-refractivity contribution in [1.29, 1.82) is 0 Å². The largest absolute Gasteiger partial charge is 0.346 e. The minimum atomic E-state index is -0.107. The van der Waals surface area contributed by atoms with Gasteiger partial charge in [0.2, 0.25) is 5.91 Å². The number of aromatic nitrogens is 3. The van der Waals surface area contributed by atoms with E-state index < -0.39 is 0 Å². The zero-order chi connectivity index (χ0) is 18.4. The molecule has 1 fully saturated rings. The third kappa shape index (κ3) is 6.51. The van der Waals surface area contributed by atoms with Crippen LogP contribution in [0.25, 0.3) is 5.65 Å². The molecule has 3 heterocycles. The van der Waals surface area contributed by atoms with Gasteiger partial charge < -0.3 is 10.6 Å². The minimum Gasteiger partial charge on any atom is -0.346 e. The Bertz CT molecular complexity index is 723. The van der Waals surface area contributed by atoms with Crippen LogP contribution < -0.4 is 10.6 Å². The van der Waals surface area contributed by atoms with Gasteiger partial charge in [-0.2, -0.15) is 11.8 Å². The zero-order valence-electron chi connectivity index (χ0n) is 16.5. The maximum absolute atomic E-state index is 12.7. The zero-order valence-corrected chi connectivity index (χ0v) is 18.9. The van der Waals surface area contributed by atoms with Crippen molar-refractivity contribution in [2.75, 3.05) is 25.1 Å². The standard InChI is InChI=1S/C19H29N5OS.2ClH/c1-14(15-6-5-9-20-13-15)12-18(25)21-16(8-11-26-2)19-23-22-17-7-3-4-10-24(17)19;;/h3-4,7,10,14-16,20H,5-6,8-9,11-13H2,1-2H3,(H,21,25);2*1H. The van der Waals surface area contributed by atoms with E-state index in [1.165, 1.54) is 12.8 Å². The first-order valence-corrected chi connectivity index (χ1v) is 10.9. The highest BCUT2D eigenvalue weighted by Gasteiger charge is 2.25. The number of thioether (sulfide) groups is 1. The minimum absolute atomic E-state index is 0. The number of hydrogen-bond acceptors (Lipinski definition) is 5. The summed E-state index contributed by atoms with van der Waals surface area (Å²) in [5.74, 6) is 2.87. The van der Waals surface area contributed by atoms with E-state index in [0.717, 1.165) is 36.7 Å². The molecule has 2 aromatic rings. The first-order chi connectivity index (χ1) is 12.7. The second kappa shape index (κ2) is 12.5. The monoisotopic (exact) mass is 447 g/mol. The Balaban J connectivity index is 0.00000196. The van der Waals surface area contributed by atoms with Crippen LogP contribution in [0.2, 0.25) is 0 Å². The first kappa shape index (κ1) is 25.0. The van der Waals surface area contributed by atoms with E-state index in [-0.39, 0.29) is 36.8 Å². The Morgan fingerprint density at radius 3 is 2.93 bits per heavy atom. The lowest BCUT2D eigenvalue weighted by molar-refractivity contribution is -0.123. The second-order valence-corrected chi connectivity index (χ2v) is 8.16. The fourth-order valence-electron chi connectivity index (χ4n) is 3.68. The number of amides is 1. The maximum Gasteiger partial charge on any atom is 0.220 e. The van der Waals surface area contributed by atoms with Crippen LogP contribution in [0.1, 0.15) is 44.5 Å². The normalized spacial score (nSPS) is 18.6. The van der Waals surface area contributed by atoms with Gasteiger partial charge in [0.15, 0.2) is 11.5 Å². The topological polar surface area (TPSA) is 71.3 Å². The fourth-order valence-corrected chi connectivity index (χ4v) is 4.15. The summed E-state index contributed by atoms with van der Waals surface area (Å²) in [5, 5.41) is 15.2. The van der Waals surface area contributed by atoms with Gasteiger partial charge in [0, 0.05) is 12.6 Å². The number of nitrogens with one attached hydrogen (secondary N) is 2. The van der Waals surface area contributed by atoms with Crippen molar-refractivity contribution >= 4 is 48.1 Å². The molecule has 1 amide bonds. The highest BCUT2D eigenvalue weighted by atomic mass is 35.5. The molecule has 0 bridgehead atoms. The van der Waals surface area contributed by atoms with Gasteiger partial charge in [-0.3, -0.25) is 9.20 Å². The Labute approximate surface area is 183 Å². The molecule has 3 atom stereocenters. The Morgan fingerprint density at radius 2 is 2.21 bits per heavy atom. The summed E-state index contributed by atoms with van der Waals surface area (Å²) in [6.07, 6.45) is 7.88. The molecule has 0 saturated carbocycles. The third-order valence-electron chi connectivity index (χ3n) is 5.24. The summed E-state index contributed by atoms with van der Waals surface area (Å²) in [4.78, 5) is 12.7. The molecular formula is C19H31Cl2N5OS. The number of nitrogens with zero attached hydrogens (tertiary/aromatic N) is 3. The van der Waals surface area contributed by atoms with Gasteiger partial charge in [-0.15, -0.1) is 35.0 Å².